The van der Waals surface area contributed by atoms with Crippen molar-refractivity contribution in [3.05, 3.63) is 46.4 Å². The van der Waals surface area contributed by atoms with Crippen molar-refractivity contribution < 1.29 is 9.53 Å². The molecule has 0 spiro atoms. The summed E-state index contributed by atoms with van der Waals surface area (Å²) in [5.41, 5.74) is 2.62. The van der Waals surface area contributed by atoms with E-state index in [-0.39, 0.29) is 5.56 Å². The van der Waals surface area contributed by atoms with Gasteiger partial charge in [0, 0.05) is 24.7 Å². The van der Waals surface area contributed by atoms with Gasteiger partial charge in [0.2, 0.25) is 0 Å². The van der Waals surface area contributed by atoms with E-state index in [2.05, 4.69) is 15.0 Å². The summed E-state index contributed by atoms with van der Waals surface area (Å²) in [5.74, 6) is 0. The number of nitrogens with one attached hydrogen (secondary N) is 1. The fourth-order valence-corrected chi connectivity index (χ4v) is 4.00. The van der Waals surface area contributed by atoms with Gasteiger partial charge in [0.25, 0.3) is 5.56 Å². The van der Waals surface area contributed by atoms with Crippen LogP contribution in [0.4, 0.5) is 21.9 Å². The Morgan fingerprint density at radius 1 is 1.23 bits per heavy atom. The second kappa shape index (κ2) is 7.88. The standard InChI is InChI=1S/C22H25N5O3S/c1-13-7-6-8-15-17(13)27(21(29)30-22(2,3)4)10-9-26(15)16-11-14-12-23-20(31-5)25-18(14)24-19(16)28/h6-8,11-12H,9-10H2,1-5H3,(H,23,24,25,28). The minimum absolute atomic E-state index is 0.239. The van der Waals surface area contributed by atoms with Crippen LogP contribution in [-0.4, -0.2) is 46.0 Å². The normalized spacial score (nSPS) is 14.0. The maximum absolute atomic E-state index is 13.0. The van der Waals surface area contributed by atoms with E-state index >= 15 is 0 Å². The predicted octanol–water partition coefficient (Wildman–Crippen LogP) is 4.24. The highest BCUT2D eigenvalue weighted by Crippen LogP contribution is 2.39. The third kappa shape index (κ3) is 4.10. The van der Waals surface area contributed by atoms with Crippen LogP contribution >= 0.6 is 11.8 Å². The number of hydrogen-bond acceptors (Lipinski definition) is 7. The van der Waals surface area contributed by atoms with Crippen LogP contribution in [0.3, 0.4) is 0 Å². The average molecular weight is 440 g/mol. The molecule has 0 atom stereocenters. The molecule has 0 saturated heterocycles. The Bertz CT molecular complexity index is 1220. The van der Waals surface area contributed by atoms with Gasteiger partial charge < -0.3 is 14.6 Å². The number of benzene rings is 1. The Morgan fingerprint density at radius 2 is 2.00 bits per heavy atom. The summed E-state index contributed by atoms with van der Waals surface area (Å²) in [7, 11) is 0. The van der Waals surface area contributed by atoms with Gasteiger partial charge in [-0.1, -0.05) is 23.9 Å². The van der Waals surface area contributed by atoms with Gasteiger partial charge in [-0.05, 0) is 51.6 Å². The molecule has 1 aliphatic rings. The van der Waals surface area contributed by atoms with Crippen molar-refractivity contribution in [1.82, 2.24) is 15.0 Å². The molecule has 3 heterocycles. The largest absolute Gasteiger partial charge is 0.443 e. The van der Waals surface area contributed by atoms with Crippen LogP contribution in [0.2, 0.25) is 0 Å². The van der Waals surface area contributed by atoms with E-state index in [1.807, 2.05) is 57.0 Å². The number of hydrogen-bond donors (Lipinski definition) is 1. The molecule has 0 fully saturated rings. The lowest BCUT2D eigenvalue weighted by Gasteiger charge is -2.38. The number of fused-ring (bicyclic) bond motifs is 2. The Balaban J connectivity index is 1.79. The second-order valence-corrected chi connectivity index (χ2v) is 9.14. The summed E-state index contributed by atoms with van der Waals surface area (Å²) < 4.78 is 5.62. The van der Waals surface area contributed by atoms with Crippen LogP contribution in [0.5, 0.6) is 0 Å². The maximum Gasteiger partial charge on any atom is 0.414 e. The Hall–Kier alpha value is -3.07. The lowest BCUT2D eigenvalue weighted by molar-refractivity contribution is 0.0580. The van der Waals surface area contributed by atoms with Gasteiger partial charge in [0.1, 0.15) is 16.9 Å². The van der Waals surface area contributed by atoms with E-state index in [4.69, 9.17) is 4.74 Å². The second-order valence-electron chi connectivity index (χ2n) is 8.37. The molecule has 4 rings (SSSR count). The zero-order chi connectivity index (χ0) is 22.3. The van der Waals surface area contributed by atoms with E-state index in [9.17, 15) is 9.59 Å². The van der Waals surface area contributed by atoms with Crippen LogP contribution in [0, 0.1) is 6.92 Å². The first-order chi connectivity index (χ1) is 14.7. The first kappa shape index (κ1) is 21.2. The SMILES string of the molecule is CSc1ncc2cc(N3CCN(C(=O)OC(C)(C)C)c4c(C)cccc43)c(=O)[nH]c2n1. The number of rotatable bonds is 2. The third-order valence-corrected chi connectivity index (χ3v) is 5.53. The van der Waals surface area contributed by atoms with Gasteiger partial charge in [0.15, 0.2) is 5.16 Å². The molecule has 1 N–H and O–H groups in total. The summed E-state index contributed by atoms with van der Waals surface area (Å²) in [4.78, 5) is 41.0. The molecule has 0 radical (unpaired) electrons. The molecule has 0 saturated carbocycles. The smallest absolute Gasteiger partial charge is 0.414 e. The number of ether oxygens (including phenoxy) is 1. The number of pyridine rings is 1. The van der Waals surface area contributed by atoms with E-state index < -0.39 is 11.7 Å². The molecule has 1 aliphatic heterocycles. The molecule has 31 heavy (non-hydrogen) atoms. The van der Waals surface area contributed by atoms with E-state index in [1.165, 1.54) is 11.8 Å². The highest BCUT2D eigenvalue weighted by molar-refractivity contribution is 7.98. The van der Waals surface area contributed by atoms with Crippen LogP contribution in [-0.2, 0) is 4.74 Å². The number of carbonyl (C=O) groups is 1. The molecule has 8 nitrogen and oxygen atoms in total. The molecular weight excluding hydrogens is 414 g/mol. The molecule has 1 amide bonds. The molecule has 0 unspecified atom stereocenters. The molecule has 0 aliphatic carbocycles. The molecule has 9 heteroatoms. The minimum atomic E-state index is -0.595. The number of aryl methyl sites for hydroxylation is 1. The number of para-hydroxylation sites is 1. The predicted molar refractivity (Wildman–Crippen MR) is 124 cm³/mol. The highest BCUT2D eigenvalue weighted by Gasteiger charge is 2.32. The highest BCUT2D eigenvalue weighted by atomic mass is 32.2. The average Bonchev–Trinajstić information content (AvgIpc) is 2.71. The number of thioether (sulfide) groups is 1. The molecule has 2 aromatic heterocycles. The summed E-state index contributed by atoms with van der Waals surface area (Å²) in [5, 5.41) is 1.35. The van der Waals surface area contributed by atoms with Gasteiger partial charge >= 0.3 is 6.09 Å². The first-order valence-corrected chi connectivity index (χ1v) is 11.2. The van der Waals surface area contributed by atoms with Crippen molar-refractivity contribution in [2.24, 2.45) is 0 Å². The molecular formula is C22H25N5O3S. The van der Waals surface area contributed by atoms with Gasteiger partial charge in [-0.2, -0.15) is 0 Å². The van der Waals surface area contributed by atoms with Gasteiger partial charge in [-0.3, -0.25) is 9.69 Å². The van der Waals surface area contributed by atoms with Crippen molar-refractivity contribution in [3.63, 3.8) is 0 Å². The monoisotopic (exact) mass is 439 g/mol. The van der Waals surface area contributed by atoms with E-state index in [0.29, 0.717) is 29.6 Å². The van der Waals surface area contributed by atoms with Crippen LogP contribution < -0.4 is 15.4 Å². The number of amides is 1. The maximum atomic E-state index is 13.0. The molecule has 3 aromatic rings. The van der Waals surface area contributed by atoms with Crippen molar-refractivity contribution in [2.75, 3.05) is 29.1 Å². The number of nitrogens with zero attached hydrogens (tertiary/aromatic N) is 4. The van der Waals surface area contributed by atoms with Crippen LogP contribution in [0.1, 0.15) is 26.3 Å². The Labute approximate surface area is 184 Å². The lowest BCUT2D eigenvalue weighted by Crippen LogP contribution is -2.46. The van der Waals surface area contributed by atoms with E-state index in [1.54, 1.807) is 17.2 Å². The van der Waals surface area contributed by atoms with Crippen molar-refractivity contribution in [3.8, 4) is 0 Å². The molecule has 0 bridgehead atoms. The zero-order valence-electron chi connectivity index (χ0n) is 18.2. The molecule has 162 valence electrons. The summed E-state index contributed by atoms with van der Waals surface area (Å²) in [6.45, 7) is 8.33. The Kier molecular flexibility index (Phi) is 5.38. The molecule has 1 aromatic carbocycles. The van der Waals surface area contributed by atoms with Gasteiger partial charge in [-0.25, -0.2) is 14.8 Å². The summed E-state index contributed by atoms with van der Waals surface area (Å²) >= 11 is 1.42. The fourth-order valence-electron chi connectivity index (χ4n) is 3.66. The summed E-state index contributed by atoms with van der Waals surface area (Å²) in [6, 6.07) is 7.58. The topological polar surface area (TPSA) is 91.4 Å². The van der Waals surface area contributed by atoms with Crippen molar-refractivity contribution in [2.45, 2.75) is 38.5 Å². The van der Waals surface area contributed by atoms with Crippen LogP contribution in [0.25, 0.3) is 11.0 Å². The zero-order valence-corrected chi connectivity index (χ0v) is 19.0. The van der Waals surface area contributed by atoms with Crippen LogP contribution in [0.15, 0.2) is 40.4 Å². The number of H-pyrrole nitrogens is 1. The van der Waals surface area contributed by atoms with E-state index in [0.717, 1.165) is 22.3 Å². The van der Waals surface area contributed by atoms with Crippen molar-refractivity contribution in [1.29, 1.82) is 0 Å². The quantitative estimate of drug-likeness (QED) is 0.472. The number of aromatic amines is 1. The number of anilines is 3. The van der Waals surface area contributed by atoms with Crippen molar-refractivity contribution >= 4 is 46.0 Å². The fraction of sp³-hybridized carbons (Fsp3) is 0.364. The van der Waals surface area contributed by atoms with Gasteiger partial charge in [-0.15, -0.1) is 0 Å². The van der Waals surface area contributed by atoms with Gasteiger partial charge in [0.05, 0.1) is 11.4 Å². The summed E-state index contributed by atoms with van der Waals surface area (Å²) in [6.07, 6.45) is 3.20. The first-order valence-electron chi connectivity index (χ1n) is 9.99. The number of carbonyl (C=O) groups excluding carboxylic acids is 1. The lowest BCUT2D eigenvalue weighted by atomic mass is 10.1. The number of aromatic nitrogens is 3. The third-order valence-electron chi connectivity index (χ3n) is 4.96. The minimum Gasteiger partial charge on any atom is -0.443 e. The Morgan fingerprint density at radius 3 is 2.71 bits per heavy atom.